The third-order valence-corrected chi connectivity index (χ3v) is 3.71. The topological polar surface area (TPSA) is 56.1 Å². The molecule has 2 heterocycles. The van der Waals surface area contributed by atoms with Gasteiger partial charge < -0.3 is 10.1 Å². The Morgan fingerprint density at radius 3 is 3.10 bits per heavy atom. The first-order chi connectivity index (χ1) is 10.2. The smallest absolute Gasteiger partial charge is 0.172 e. The van der Waals surface area contributed by atoms with Crippen molar-refractivity contribution in [2.45, 2.75) is 19.8 Å². The molecule has 5 heteroatoms. The zero-order valence-corrected chi connectivity index (χ0v) is 12.3. The van der Waals surface area contributed by atoms with Gasteiger partial charge in [-0.25, -0.2) is 0 Å². The molecule has 110 valence electrons. The molecule has 0 spiro atoms. The number of rotatable bonds is 4. The molecule has 0 fully saturated rings. The first kappa shape index (κ1) is 13.7. The lowest BCUT2D eigenvalue weighted by Crippen LogP contribution is -2.20. The molecule has 1 aromatic heterocycles. The predicted octanol–water partition coefficient (Wildman–Crippen LogP) is 2.21. The average Bonchev–Trinajstić information content (AvgIpc) is 2.87. The first-order valence-electron chi connectivity index (χ1n) is 7.23. The summed E-state index contributed by atoms with van der Waals surface area (Å²) in [5.41, 5.74) is 3.47. The highest BCUT2D eigenvalue weighted by Crippen LogP contribution is 2.32. The summed E-state index contributed by atoms with van der Waals surface area (Å²) in [4.78, 5) is 12.6. The van der Waals surface area contributed by atoms with Crippen LogP contribution in [0, 0.1) is 0 Å². The van der Waals surface area contributed by atoms with Gasteiger partial charge in [-0.2, -0.15) is 5.10 Å². The highest BCUT2D eigenvalue weighted by atomic mass is 16.5. The Hall–Kier alpha value is -2.30. The van der Waals surface area contributed by atoms with Gasteiger partial charge in [-0.1, -0.05) is 13.0 Å². The van der Waals surface area contributed by atoms with Crippen LogP contribution in [-0.4, -0.2) is 28.7 Å². The number of anilines is 1. The number of carbonyl (C=O) groups excluding carboxylic acids is 1. The normalized spacial score (nSPS) is 13.2. The molecule has 5 nitrogen and oxygen atoms in total. The van der Waals surface area contributed by atoms with E-state index in [1.54, 1.807) is 4.68 Å². The van der Waals surface area contributed by atoms with Crippen LogP contribution < -0.4 is 10.1 Å². The van der Waals surface area contributed by atoms with Crippen LogP contribution in [0.15, 0.2) is 24.3 Å². The van der Waals surface area contributed by atoms with Gasteiger partial charge >= 0.3 is 0 Å². The second-order valence-corrected chi connectivity index (χ2v) is 5.16. The Kier molecular flexibility index (Phi) is 3.64. The summed E-state index contributed by atoms with van der Waals surface area (Å²) in [6.45, 7) is 3.41. The van der Waals surface area contributed by atoms with E-state index in [2.05, 4.69) is 17.3 Å². The minimum atomic E-state index is 0.0567. The fourth-order valence-electron chi connectivity index (χ4n) is 2.56. The summed E-state index contributed by atoms with van der Waals surface area (Å²) in [6, 6.07) is 7.64. The molecular formula is C16H19N3O2. The molecule has 0 unspecified atom stereocenters. The van der Waals surface area contributed by atoms with Crippen molar-refractivity contribution in [1.29, 1.82) is 0 Å². The maximum atomic E-state index is 12.6. The molecule has 1 aliphatic rings. The van der Waals surface area contributed by atoms with Gasteiger partial charge in [0.25, 0.3) is 0 Å². The molecular weight excluding hydrogens is 266 g/mol. The number of hydrogen-bond donors (Lipinski definition) is 1. The van der Waals surface area contributed by atoms with Gasteiger partial charge in [0, 0.05) is 19.3 Å². The minimum Gasteiger partial charge on any atom is -0.489 e. The maximum absolute atomic E-state index is 12.6. The Labute approximate surface area is 123 Å². The summed E-state index contributed by atoms with van der Waals surface area (Å²) >= 11 is 0. The number of para-hydroxylation sites is 1. The number of aromatic nitrogens is 2. The molecule has 0 radical (unpaired) electrons. The Bertz CT molecular complexity index is 676. The summed E-state index contributed by atoms with van der Waals surface area (Å²) in [7, 11) is 1.88. The lowest BCUT2D eigenvalue weighted by molar-refractivity contribution is 0.0986. The fraction of sp³-hybridized carbons (Fsp3) is 0.375. The molecule has 0 aliphatic carbocycles. The maximum Gasteiger partial charge on any atom is 0.172 e. The number of carbonyl (C=O) groups is 1. The van der Waals surface area contributed by atoms with Gasteiger partial charge in [0.2, 0.25) is 0 Å². The van der Waals surface area contributed by atoms with E-state index in [4.69, 9.17) is 4.74 Å². The second-order valence-electron chi connectivity index (χ2n) is 5.16. The van der Waals surface area contributed by atoms with Crippen LogP contribution in [-0.2, 0) is 19.9 Å². The number of fused-ring (bicyclic) bond motifs is 1. The lowest BCUT2D eigenvalue weighted by Gasteiger charge is -2.21. The molecule has 0 amide bonds. The Morgan fingerprint density at radius 1 is 1.48 bits per heavy atom. The molecule has 0 saturated carbocycles. The van der Waals surface area contributed by atoms with E-state index in [0.29, 0.717) is 24.3 Å². The number of nitrogens with one attached hydrogen (secondary N) is 1. The van der Waals surface area contributed by atoms with Crippen molar-refractivity contribution < 1.29 is 9.53 Å². The van der Waals surface area contributed by atoms with Gasteiger partial charge in [0.05, 0.1) is 23.4 Å². The molecule has 1 aliphatic heterocycles. The van der Waals surface area contributed by atoms with Gasteiger partial charge in [-0.3, -0.25) is 9.48 Å². The molecule has 21 heavy (non-hydrogen) atoms. The summed E-state index contributed by atoms with van der Waals surface area (Å²) in [5.74, 6) is 0.729. The van der Waals surface area contributed by atoms with E-state index in [0.717, 1.165) is 30.0 Å². The molecule has 1 aromatic carbocycles. The van der Waals surface area contributed by atoms with Crippen LogP contribution in [0.3, 0.4) is 0 Å². The van der Waals surface area contributed by atoms with E-state index >= 15 is 0 Å². The third-order valence-electron chi connectivity index (χ3n) is 3.71. The first-order valence-corrected chi connectivity index (χ1v) is 7.23. The molecule has 3 rings (SSSR count). The highest BCUT2D eigenvalue weighted by Gasteiger charge is 2.20. The van der Waals surface area contributed by atoms with E-state index in [9.17, 15) is 4.79 Å². The van der Waals surface area contributed by atoms with Gasteiger partial charge in [0.1, 0.15) is 6.61 Å². The van der Waals surface area contributed by atoms with Crippen molar-refractivity contribution in [2.24, 2.45) is 7.05 Å². The van der Waals surface area contributed by atoms with E-state index in [1.165, 1.54) is 0 Å². The number of aryl methyl sites for hydroxylation is 2. The zero-order chi connectivity index (χ0) is 14.8. The summed E-state index contributed by atoms with van der Waals surface area (Å²) in [5, 5.41) is 7.64. The number of nitrogens with zero attached hydrogens (tertiary/aromatic N) is 2. The standard InChI is InChI=1S/C16H19N3O2/c1-3-11-9-12(19(2)18-11)10-15(20)13-5-4-6-14-16(13)21-8-7-17-14/h4-6,9,17H,3,7-8,10H2,1-2H3. The van der Waals surface area contributed by atoms with Crippen LogP contribution >= 0.6 is 0 Å². The Balaban J connectivity index is 1.87. The number of benzene rings is 1. The SMILES string of the molecule is CCc1cc(CC(=O)c2cccc3c2OCCN3)n(C)n1. The van der Waals surface area contributed by atoms with Crippen LogP contribution in [0.4, 0.5) is 5.69 Å². The molecule has 0 bridgehead atoms. The molecule has 1 N–H and O–H groups in total. The van der Waals surface area contributed by atoms with Crippen LogP contribution in [0.2, 0.25) is 0 Å². The molecule has 0 saturated heterocycles. The van der Waals surface area contributed by atoms with Crippen LogP contribution in [0.1, 0.15) is 28.7 Å². The predicted molar refractivity (Wildman–Crippen MR) is 81.0 cm³/mol. The zero-order valence-electron chi connectivity index (χ0n) is 12.3. The number of ketones is 1. The van der Waals surface area contributed by atoms with Crippen molar-refractivity contribution in [3.63, 3.8) is 0 Å². The quantitative estimate of drug-likeness (QED) is 0.875. The van der Waals surface area contributed by atoms with Crippen LogP contribution in [0.25, 0.3) is 0 Å². The van der Waals surface area contributed by atoms with Crippen molar-refractivity contribution >= 4 is 11.5 Å². The molecule has 2 aromatic rings. The van der Waals surface area contributed by atoms with E-state index < -0.39 is 0 Å². The van der Waals surface area contributed by atoms with Gasteiger partial charge in [-0.05, 0) is 24.6 Å². The number of hydrogen-bond acceptors (Lipinski definition) is 4. The van der Waals surface area contributed by atoms with Crippen molar-refractivity contribution in [1.82, 2.24) is 9.78 Å². The Morgan fingerprint density at radius 2 is 2.33 bits per heavy atom. The molecule has 0 atom stereocenters. The fourth-order valence-corrected chi connectivity index (χ4v) is 2.56. The largest absolute Gasteiger partial charge is 0.489 e. The lowest BCUT2D eigenvalue weighted by atomic mass is 10.0. The van der Waals surface area contributed by atoms with Gasteiger partial charge in [-0.15, -0.1) is 0 Å². The summed E-state index contributed by atoms with van der Waals surface area (Å²) in [6.07, 6.45) is 1.21. The van der Waals surface area contributed by atoms with Crippen molar-refractivity contribution in [3.8, 4) is 5.75 Å². The van der Waals surface area contributed by atoms with Crippen molar-refractivity contribution in [3.05, 3.63) is 41.2 Å². The van der Waals surface area contributed by atoms with Crippen LogP contribution in [0.5, 0.6) is 5.75 Å². The second kappa shape index (κ2) is 5.60. The van der Waals surface area contributed by atoms with E-state index in [1.807, 2.05) is 31.3 Å². The van der Waals surface area contributed by atoms with Crippen molar-refractivity contribution in [2.75, 3.05) is 18.5 Å². The minimum absolute atomic E-state index is 0.0567. The van der Waals surface area contributed by atoms with Gasteiger partial charge in [0.15, 0.2) is 11.5 Å². The number of ether oxygens (including phenoxy) is 1. The number of Topliss-reactive ketones (excluding diaryl/α,β-unsaturated/α-hetero) is 1. The highest BCUT2D eigenvalue weighted by molar-refractivity contribution is 6.01. The third kappa shape index (κ3) is 2.63. The van der Waals surface area contributed by atoms with E-state index in [-0.39, 0.29) is 5.78 Å². The monoisotopic (exact) mass is 285 g/mol. The summed E-state index contributed by atoms with van der Waals surface area (Å²) < 4.78 is 7.45. The average molecular weight is 285 g/mol.